The summed E-state index contributed by atoms with van der Waals surface area (Å²) in [5, 5.41) is 7.34. The smallest absolute Gasteiger partial charge is 0.0618 e. The second kappa shape index (κ2) is 13.9. The predicted molar refractivity (Wildman–Crippen MR) is 251 cm³/mol. The monoisotopic (exact) mass is 754 g/mol. The number of benzene rings is 10. The Balaban J connectivity index is 1.21. The Kier molecular flexibility index (Phi) is 8.20. The van der Waals surface area contributed by atoms with Crippen molar-refractivity contribution in [1.82, 2.24) is 0 Å². The van der Waals surface area contributed by atoms with Crippen LogP contribution in [0.2, 0.25) is 0 Å². The number of hydrogen-bond acceptors (Lipinski definition) is 2. The number of rotatable bonds is 6. The van der Waals surface area contributed by atoms with Crippen LogP contribution in [0.1, 0.15) is 25.0 Å². The number of anilines is 6. The summed E-state index contributed by atoms with van der Waals surface area (Å²) in [5.74, 6) is 0. The van der Waals surface area contributed by atoms with Gasteiger partial charge in [-0.15, -0.1) is 0 Å². The molecule has 2 heteroatoms. The van der Waals surface area contributed by atoms with Gasteiger partial charge in [0.25, 0.3) is 0 Å². The van der Waals surface area contributed by atoms with Crippen LogP contribution in [0.5, 0.6) is 0 Å². The zero-order valence-electron chi connectivity index (χ0n) is 33.2. The van der Waals surface area contributed by atoms with E-state index in [0.717, 1.165) is 17.1 Å². The van der Waals surface area contributed by atoms with Crippen LogP contribution in [0.15, 0.2) is 218 Å². The molecule has 0 aliphatic carbocycles. The van der Waals surface area contributed by atoms with Crippen molar-refractivity contribution in [3.63, 3.8) is 0 Å². The molecule has 2 nitrogen and oxygen atoms in total. The van der Waals surface area contributed by atoms with Crippen LogP contribution in [-0.2, 0) is 5.41 Å². The standard InChI is InChI=1S/C57H42N2/c1-57(2)51-27-15-16-28-53(51)59(56-47-24-12-9-21-42(47)31-35-48(56)41-19-7-4-8-20-41)55-38-45(34-36-52(55)57)58(44-32-29-40(30-33-44)39-17-5-3-6-18-39)54-37-43-22-10-11-23-46(43)49-25-13-14-26-50(49)54/h3-38H,1-2H3. The molecule has 1 aliphatic rings. The van der Waals surface area contributed by atoms with Gasteiger partial charge in [-0.2, -0.15) is 0 Å². The van der Waals surface area contributed by atoms with Gasteiger partial charge in [0.1, 0.15) is 0 Å². The third-order valence-corrected chi connectivity index (χ3v) is 12.4. The zero-order valence-corrected chi connectivity index (χ0v) is 33.2. The summed E-state index contributed by atoms with van der Waals surface area (Å²) in [6.07, 6.45) is 0. The van der Waals surface area contributed by atoms with Gasteiger partial charge >= 0.3 is 0 Å². The number of hydrogen-bond donors (Lipinski definition) is 0. The number of fused-ring (bicyclic) bond motifs is 6. The van der Waals surface area contributed by atoms with Crippen LogP contribution < -0.4 is 9.80 Å². The molecule has 0 saturated heterocycles. The third-order valence-electron chi connectivity index (χ3n) is 12.4. The maximum Gasteiger partial charge on any atom is 0.0618 e. The molecule has 10 aromatic rings. The van der Waals surface area contributed by atoms with Crippen molar-refractivity contribution in [2.45, 2.75) is 19.3 Å². The van der Waals surface area contributed by atoms with E-state index in [0.29, 0.717) is 0 Å². The second-order valence-corrected chi connectivity index (χ2v) is 16.1. The molecule has 0 atom stereocenters. The van der Waals surface area contributed by atoms with Crippen molar-refractivity contribution in [3.05, 3.63) is 230 Å². The number of para-hydroxylation sites is 1. The molecule has 0 unspecified atom stereocenters. The highest BCUT2D eigenvalue weighted by Gasteiger charge is 2.38. The molecule has 10 aromatic carbocycles. The Morgan fingerprint density at radius 1 is 0.373 bits per heavy atom. The highest BCUT2D eigenvalue weighted by atomic mass is 15.2. The average Bonchev–Trinajstić information content (AvgIpc) is 3.30. The molecule has 11 rings (SSSR count). The average molecular weight is 755 g/mol. The van der Waals surface area contributed by atoms with E-state index in [9.17, 15) is 0 Å². The lowest BCUT2D eigenvalue weighted by Crippen LogP contribution is -2.31. The topological polar surface area (TPSA) is 6.48 Å². The molecule has 0 saturated carbocycles. The molecule has 0 fully saturated rings. The first kappa shape index (κ1) is 34.8. The molecular weight excluding hydrogens is 713 g/mol. The van der Waals surface area contributed by atoms with Crippen LogP contribution in [0.25, 0.3) is 54.6 Å². The van der Waals surface area contributed by atoms with Gasteiger partial charge in [-0.25, -0.2) is 0 Å². The van der Waals surface area contributed by atoms with Crippen molar-refractivity contribution < 1.29 is 0 Å². The second-order valence-electron chi connectivity index (χ2n) is 16.1. The van der Waals surface area contributed by atoms with Gasteiger partial charge in [0.15, 0.2) is 0 Å². The van der Waals surface area contributed by atoms with Gasteiger partial charge in [0.05, 0.1) is 22.7 Å². The van der Waals surface area contributed by atoms with Crippen molar-refractivity contribution in [2.24, 2.45) is 0 Å². The summed E-state index contributed by atoms with van der Waals surface area (Å²) in [4.78, 5) is 5.02. The van der Waals surface area contributed by atoms with Crippen LogP contribution in [-0.4, -0.2) is 0 Å². The Hall–Kier alpha value is -7.42. The summed E-state index contributed by atoms with van der Waals surface area (Å²) in [5.41, 5.74) is 14.0. The van der Waals surface area contributed by atoms with E-state index in [-0.39, 0.29) is 5.41 Å². The minimum absolute atomic E-state index is 0.254. The molecule has 0 N–H and O–H groups in total. The van der Waals surface area contributed by atoms with E-state index in [4.69, 9.17) is 0 Å². The van der Waals surface area contributed by atoms with Crippen LogP contribution in [0, 0.1) is 0 Å². The summed E-state index contributed by atoms with van der Waals surface area (Å²) in [6.45, 7) is 4.75. The van der Waals surface area contributed by atoms with E-state index in [1.807, 2.05) is 0 Å². The highest BCUT2D eigenvalue weighted by Crippen LogP contribution is 2.56. The lowest BCUT2D eigenvalue weighted by Gasteiger charge is -2.43. The van der Waals surface area contributed by atoms with Gasteiger partial charge in [-0.1, -0.05) is 196 Å². The van der Waals surface area contributed by atoms with Crippen molar-refractivity contribution in [2.75, 3.05) is 9.80 Å². The molecule has 59 heavy (non-hydrogen) atoms. The molecular formula is C57H42N2. The minimum Gasteiger partial charge on any atom is -0.310 e. The molecule has 0 aromatic heterocycles. The fraction of sp³-hybridized carbons (Fsp3) is 0.0526. The fourth-order valence-electron chi connectivity index (χ4n) is 9.51. The van der Waals surface area contributed by atoms with Crippen LogP contribution >= 0.6 is 0 Å². The van der Waals surface area contributed by atoms with E-state index < -0.39 is 0 Å². The Bertz CT molecular complexity index is 3180. The lowest BCUT2D eigenvalue weighted by atomic mass is 9.73. The van der Waals surface area contributed by atoms with Gasteiger partial charge in [-0.3, -0.25) is 0 Å². The van der Waals surface area contributed by atoms with Crippen molar-refractivity contribution in [1.29, 1.82) is 0 Å². The summed E-state index contributed by atoms with van der Waals surface area (Å²) < 4.78 is 0. The number of nitrogens with zero attached hydrogens (tertiary/aromatic N) is 2. The Morgan fingerprint density at radius 3 is 1.69 bits per heavy atom. The van der Waals surface area contributed by atoms with Gasteiger partial charge < -0.3 is 9.80 Å². The normalized spacial score (nSPS) is 13.0. The van der Waals surface area contributed by atoms with Gasteiger partial charge in [0, 0.05) is 33.1 Å². The summed E-state index contributed by atoms with van der Waals surface area (Å²) >= 11 is 0. The van der Waals surface area contributed by atoms with E-state index in [1.54, 1.807) is 0 Å². The van der Waals surface area contributed by atoms with Crippen molar-refractivity contribution >= 4 is 66.4 Å². The Morgan fingerprint density at radius 2 is 0.932 bits per heavy atom. The fourth-order valence-corrected chi connectivity index (χ4v) is 9.51. The zero-order chi connectivity index (χ0) is 39.5. The van der Waals surface area contributed by atoms with E-state index in [2.05, 4.69) is 242 Å². The molecule has 0 amide bonds. The maximum atomic E-state index is 2.55. The van der Waals surface area contributed by atoms with Crippen LogP contribution in [0.4, 0.5) is 34.1 Å². The largest absolute Gasteiger partial charge is 0.310 e. The van der Waals surface area contributed by atoms with Gasteiger partial charge in [-0.05, 0) is 85.8 Å². The first-order valence-electron chi connectivity index (χ1n) is 20.5. The molecule has 0 radical (unpaired) electrons. The molecule has 1 heterocycles. The van der Waals surface area contributed by atoms with E-state index in [1.165, 1.54) is 82.8 Å². The molecule has 280 valence electrons. The maximum absolute atomic E-state index is 2.55. The molecule has 0 spiro atoms. The first-order chi connectivity index (χ1) is 29.0. The molecule has 1 aliphatic heterocycles. The van der Waals surface area contributed by atoms with Crippen molar-refractivity contribution in [3.8, 4) is 22.3 Å². The first-order valence-corrected chi connectivity index (χ1v) is 20.5. The highest BCUT2D eigenvalue weighted by molar-refractivity contribution is 6.15. The summed E-state index contributed by atoms with van der Waals surface area (Å²) in [7, 11) is 0. The minimum atomic E-state index is -0.254. The van der Waals surface area contributed by atoms with E-state index >= 15 is 0 Å². The van der Waals surface area contributed by atoms with Crippen LogP contribution in [0.3, 0.4) is 0 Å². The SMILES string of the molecule is CC1(C)c2ccccc2N(c2c(-c3ccccc3)ccc3ccccc23)c2cc(N(c3ccc(-c4ccccc4)cc3)c3cc4ccccc4c4ccccc34)ccc21. The predicted octanol–water partition coefficient (Wildman–Crippen LogP) is 16.1. The summed E-state index contributed by atoms with van der Waals surface area (Å²) in [6, 6.07) is 80.1. The molecule has 0 bridgehead atoms. The van der Waals surface area contributed by atoms with Gasteiger partial charge in [0.2, 0.25) is 0 Å². The lowest BCUT2D eigenvalue weighted by molar-refractivity contribution is 0.632. The Labute approximate surface area is 345 Å². The quantitative estimate of drug-likeness (QED) is 0.156. The third kappa shape index (κ3) is 5.71.